The summed E-state index contributed by atoms with van der Waals surface area (Å²) in [4.78, 5) is 42.2. The zero-order valence-corrected chi connectivity index (χ0v) is 21.1. The second kappa shape index (κ2) is 11.0. The van der Waals surface area contributed by atoms with Crippen molar-refractivity contribution >= 4 is 17.8 Å². The molecule has 0 spiro atoms. The monoisotopic (exact) mass is 496 g/mol. The molecule has 190 valence electrons. The van der Waals surface area contributed by atoms with Crippen LogP contribution >= 0.6 is 0 Å². The minimum Gasteiger partial charge on any atom is -0.465 e. The summed E-state index contributed by atoms with van der Waals surface area (Å²) in [7, 11) is 1.35. The minimum absolute atomic E-state index is 0.0484. The van der Waals surface area contributed by atoms with Gasteiger partial charge in [-0.2, -0.15) is 0 Å². The summed E-state index contributed by atoms with van der Waals surface area (Å²) in [5, 5.41) is 3.15. The standard InChI is InChI=1S/C31H32N2O4/c1-37-31(36)23-13-9-12-22(20-23)28-27(29(34)32-19-18-21-10-3-2-4-11-21)25-16-7-8-17-26(25)30(35)33(28)24-14-5-6-15-24/h2-4,7-13,16-17,20,24,27-28H,5-6,14-15,18-19H2,1H3,(H,32,34)/t27-,28+/m1/s1. The summed E-state index contributed by atoms with van der Waals surface area (Å²) in [5.74, 6) is -1.21. The maximum atomic E-state index is 13.9. The average molecular weight is 497 g/mol. The summed E-state index contributed by atoms with van der Waals surface area (Å²) >= 11 is 0. The first-order chi connectivity index (χ1) is 18.1. The lowest BCUT2D eigenvalue weighted by molar-refractivity contribution is -0.124. The van der Waals surface area contributed by atoms with Crippen LogP contribution in [0.25, 0.3) is 0 Å². The number of methoxy groups -OCH3 is 1. The SMILES string of the molecule is COC(=O)c1cccc([C@H]2[C@H](C(=O)NCCc3ccccc3)c3ccccc3C(=O)N2C2CCCC2)c1. The van der Waals surface area contributed by atoms with E-state index in [-0.39, 0.29) is 17.9 Å². The predicted octanol–water partition coefficient (Wildman–Crippen LogP) is 5.06. The van der Waals surface area contributed by atoms with Crippen LogP contribution in [0.2, 0.25) is 0 Å². The Morgan fingerprint density at radius 2 is 1.68 bits per heavy atom. The van der Waals surface area contributed by atoms with E-state index in [9.17, 15) is 14.4 Å². The number of fused-ring (bicyclic) bond motifs is 1. The molecule has 6 nitrogen and oxygen atoms in total. The Balaban J connectivity index is 1.55. The van der Waals surface area contributed by atoms with Crippen LogP contribution in [0.15, 0.2) is 78.9 Å². The van der Waals surface area contributed by atoms with Gasteiger partial charge in [0.15, 0.2) is 0 Å². The van der Waals surface area contributed by atoms with E-state index in [0.717, 1.165) is 42.4 Å². The third-order valence-corrected chi connectivity index (χ3v) is 7.58. The molecule has 3 aromatic carbocycles. The van der Waals surface area contributed by atoms with E-state index in [4.69, 9.17) is 4.74 Å². The summed E-state index contributed by atoms with van der Waals surface area (Å²) in [6, 6.07) is 24.2. The third kappa shape index (κ3) is 5.01. The van der Waals surface area contributed by atoms with Crippen molar-refractivity contribution in [3.05, 3.63) is 107 Å². The van der Waals surface area contributed by atoms with Crippen molar-refractivity contribution in [2.75, 3.05) is 13.7 Å². The number of nitrogens with one attached hydrogen (secondary N) is 1. The van der Waals surface area contributed by atoms with E-state index >= 15 is 0 Å². The lowest BCUT2D eigenvalue weighted by Gasteiger charge is -2.45. The molecule has 37 heavy (non-hydrogen) atoms. The van der Waals surface area contributed by atoms with Gasteiger partial charge in [0.2, 0.25) is 5.91 Å². The summed E-state index contributed by atoms with van der Waals surface area (Å²) < 4.78 is 4.95. The molecule has 3 aromatic rings. The number of esters is 1. The highest BCUT2D eigenvalue weighted by atomic mass is 16.5. The predicted molar refractivity (Wildman–Crippen MR) is 141 cm³/mol. The lowest BCUT2D eigenvalue weighted by Crippen LogP contribution is -2.51. The number of hydrogen-bond donors (Lipinski definition) is 1. The van der Waals surface area contributed by atoms with Crippen LogP contribution in [-0.4, -0.2) is 42.4 Å². The maximum absolute atomic E-state index is 13.9. The Kier molecular flexibility index (Phi) is 7.35. The quantitative estimate of drug-likeness (QED) is 0.464. The Labute approximate surface area is 217 Å². The Hall–Kier alpha value is -3.93. The molecule has 0 unspecified atom stereocenters. The van der Waals surface area contributed by atoms with Gasteiger partial charge in [-0.3, -0.25) is 9.59 Å². The first kappa shape index (κ1) is 24.8. The number of hydrogen-bond acceptors (Lipinski definition) is 4. The van der Waals surface area contributed by atoms with E-state index in [2.05, 4.69) is 5.32 Å². The van der Waals surface area contributed by atoms with Gasteiger partial charge >= 0.3 is 5.97 Å². The number of carbonyl (C=O) groups is 3. The Morgan fingerprint density at radius 1 is 0.946 bits per heavy atom. The molecule has 0 bridgehead atoms. The number of carbonyl (C=O) groups excluding carboxylic acids is 3. The topological polar surface area (TPSA) is 75.7 Å². The van der Waals surface area contributed by atoms with Crippen LogP contribution in [-0.2, 0) is 16.0 Å². The molecule has 1 N–H and O–H groups in total. The van der Waals surface area contributed by atoms with Crippen LogP contribution in [0, 0.1) is 0 Å². The largest absolute Gasteiger partial charge is 0.465 e. The van der Waals surface area contributed by atoms with Crippen LogP contribution in [0.4, 0.5) is 0 Å². The normalized spacial score (nSPS) is 19.4. The van der Waals surface area contributed by atoms with E-state index in [1.807, 2.05) is 65.6 Å². The highest BCUT2D eigenvalue weighted by Gasteiger charge is 2.47. The first-order valence-electron chi connectivity index (χ1n) is 13.0. The van der Waals surface area contributed by atoms with Gasteiger partial charge in [0.05, 0.1) is 24.6 Å². The van der Waals surface area contributed by atoms with Gasteiger partial charge in [0, 0.05) is 18.2 Å². The molecule has 2 aliphatic rings. The number of benzene rings is 3. The molecule has 1 fully saturated rings. The average Bonchev–Trinajstić information content (AvgIpc) is 3.47. The van der Waals surface area contributed by atoms with Crippen molar-refractivity contribution < 1.29 is 19.1 Å². The molecule has 6 heteroatoms. The molecule has 5 rings (SSSR count). The molecule has 1 aliphatic carbocycles. The summed E-state index contributed by atoms with van der Waals surface area (Å²) in [6.07, 6.45) is 4.64. The van der Waals surface area contributed by atoms with Gasteiger partial charge in [0.1, 0.15) is 0 Å². The lowest BCUT2D eigenvalue weighted by atomic mass is 9.78. The van der Waals surface area contributed by atoms with Crippen molar-refractivity contribution in [3.63, 3.8) is 0 Å². The van der Waals surface area contributed by atoms with Crippen LogP contribution in [0.5, 0.6) is 0 Å². The molecule has 0 radical (unpaired) electrons. The number of amides is 2. The molecule has 0 aromatic heterocycles. The molecule has 1 heterocycles. The van der Waals surface area contributed by atoms with Crippen molar-refractivity contribution in [2.24, 2.45) is 0 Å². The highest BCUT2D eigenvalue weighted by molar-refractivity contribution is 6.01. The Morgan fingerprint density at radius 3 is 2.43 bits per heavy atom. The smallest absolute Gasteiger partial charge is 0.337 e. The highest BCUT2D eigenvalue weighted by Crippen LogP contribution is 2.46. The van der Waals surface area contributed by atoms with Crippen molar-refractivity contribution in [2.45, 2.75) is 50.1 Å². The van der Waals surface area contributed by atoms with Crippen molar-refractivity contribution in [3.8, 4) is 0 Å². The molecular formula is C31H32N2O4. The fourth-order valence-corrected chi connectivity index (χ4v) is 5.82. The van der Waals surface area contributed by atoms with E-state index < -0.39 is 17.9 Å². The van der Waals surface area contributed by atoms with Crippen LogP contribution in [0.1, 0.15) is 75.0 Å². The molecule has 0 saturated heterocycles. The van der Waals surface area contributed by atoms with Crippen molar-refractivity contribution in [1.82, 2.24) is 10.2 Å². The minimum atomic E-state index is -0.599. The van der Waals surface area contributed by atoms with Gasteiger partial charge in [-0.25, -0.2) is 4.79 Å². The molecular weight excluding hydrogens is 464 g/mol. The van der Waals surface area contributed by atoms with Gasteiger partial charge in [0.25, 0.3) is 5.91 Å². The van der Waals surface area contributed by atoms with Crippen molar-refractivity contribution in [1.29, 1.82) is 0 Å². The molecule has 1 saturated carbocycles. The third-order valence-electron chi connectivity index (χ3n) is 7.58. The van der Waals surface area contributed by atoms with Crippen LogP contribution < -0.4 is 5.32 Å². The second-order valence-electron chi connectivity index (χ2n) is 9.80. The van der Waals surface area contributed by atoms with Gasteiger partial charge in [-0.15, -0.1) is 0 Å². The summed E-state index contributed by atoms with van der Waals surface area (Å²) in [6.45, 7) is 0.494. The number of nitrogens with zero attached hydrogens (tertiary/aromatic N) is 1. The fourth-order valence-electron chi connectivity index (χ4n) is 5.82. The zero-order valence-electron chi connectivity index (χ0n) is 21.1. The van der Waals surface area contributed by atoms with Gasteiger partial charge in [-0.05, 0) is 54.2 Å². The summed E-state index contributed by atoms with van der Waals surface area (Å²) in [5.41, 5.74) is 3.63. The second-order valence-corrected chi connectivity index (χ2v) is 9.80. The van der Waals surface area contributed by atoms with Crippen LogP contribution in [0.3, 0.4) is 0 Å². The van der Waals surface area contributed by atoms with E-state index in [0.29, 0.717) is 24.1 Å². The first-order valence-corrected chi connectivity index (χ1v) is 13.0. The van der Waals surface area contributed by atoms with E-state index in [1.165, 1.54) is 7.11 Å². The fraction of sp³-hybridized carbons (Fsp3) is 0.323. The number of rotatable bonds is 7. The molecule has 1 aliphatic heterocycles. The maximum Gasteiger partial charge on any atom is 0.337 e. The molecule has 2 amide bonds. The Bertz CT molecular complexity index is 1280. The number of ether oxygens (including phenoxy) is 1. The molecule has 2 atom stereocenters. The van der Waals surface area contributed by atoms with E-state index in [1.54, 1.807) is 18.2 Å². The van der Waals surface area contributed by atoms with Gasteiger partial charge < -0.3 is 15.0 Å². The van der Waals surface area contributed by atoms with Gasteiger partial charge in [-0.1, -0.05) is 73.5 Å². The zero-order chi connectivity index (χ0) is 25.8.